The van der Waals surface area contributed by atoms with Crippen LogP contribution in [0, 0.1) is 0 Å². The second-order valence-corrected chi connectivity index (χ2v) is 33.2. The third kappa shape index (κ3) is 11.3. The van der Waals surface area contributed by atoms with Crippen LogP contribution in [0.3, 0.4) is 0 Å². The zero-order valence-electron chi connectivity index (χ0n) is 66.7. The minimum Gasteiger partial charge on any atom is -0.0622 e. The van der Waals surface area contributed by atoms with E-state index in [4.69, 9.17) is 0 Å². The molecule has 0 spiro atoms. The SMILES string of the molecule is c1ccc(-c2cccc(-c3cc(-c4c(-c5ccc6cc(-c7ccccc7)ccc6c5)c(-c5ccc6c(ccc7c8ccccc8ccc67)c5)c(-c5ccc6c(ccc7c8ccccc8ccc67)c5)c(-c5ccc6c(ccc7c8ccccc8ccc67)c5)c4-c4ccc5c(ccc6c7ccccc7ccc56)c4)cc4cc(-c5ccccc5)ccc34)c2)cc1. The zero-order chi connectivity index (χ0) is 80.0. The third-order valence-corrected chi connectivity index (χ3v) is 26.5. The lowest BCUT2D eigenvalue weighted by Gasteiger charge is -2.30. The highest BCUT2D eigenvalue weighted by Gasteiger charge is 2.32. The molecule has 0 aliphatic heterocycles. The fraction of sp³-hybridized carbons (Fsp3) is 0. The van der Waals surface area contributed by atoms with Gasteiger partial charge in [0.2, 0.25) is 0 Å². The van der Waals surface area contributed by atoms with Crippen molar-refractivity contribution in [3.63, 3.8) is 0 Å². The lowest BCUT2D eigenvalue weighted by atomic mass is 9.73. The molecule has 0 aliphatic carbocycles. The Bertz CT molecular complexity index is 8730. The van der Waals surface area contributed by atoms with E-state index in [1.165, 1.54) is 141 Å². The standard InChI is InChI=1S/C122H74/c1-4-19-75(20-5-1)82-29-18-30-87(66-82)116-74-98(73-97-68-84(43-52-107(97)116)77-23-8-3-9-24-77)122-120(92-38-37-85-65-83(35-36-86(85)67-92)76-21-6-2-7-22-76)118(94-49-54-104-89(70-94)45-62-109-100-32-15-11-26-79(100)40-58-113(104)109)117(93-48-53-103-88(69-93)44-61-108-99-31-14-10-25-78(99)39-57-112(103)108)119(95-50-55-105-90(71-95)46-63-110-101-33-16-12-27-80(101)41-59-114(105)110)121(122)96-51-56-106-91(72-96)47-64-111-102-34-17-13-28-81(102)42-60-115(106)111/h1-74H. The van der Waals surface area contributed by atoms with Crippen molar-refractivity contribution in [1.29, 1.82) is 0 Å². The first-order valence-corrected chi connectivity index (χ1v) is 42.5. The maximum atomic E-state index is 2.57. The highest BCUT2D eigenvalue weighted by atomic mass is 14.3. The van der Waals surface area contributed by atoms with Gasteiger partial charge in [-0.05, 0) is 323 Å². The number of fused-ring (bicyclic) bond motifs is 22. The van der Waals surface area contributed by atoms with Crippen LogP contribution in [0.25, 0.3) is 262 Å². The average molecular weight is 1540 g/mol. The zero-order valence-corrected chi connectivity index (χ0v) is 66.7. The second kappa shape index (κ2) is 27.9. The van der Waals surface area contributed by atoms with E-state index in [1.54, 1.807) is 0 Å². The Balaban J connectivity index is 0.895. The van der Waals surface area contributed by atoms with E-state index < -0.39 is 0 Å². The molecule has 0 aromatic heterocycles. The molecule has 0 heterocycles. The molecule has 25 aromatic rings. The van der Waals surface area contributed by atoms with E-state index in [2.05, 4.69) is 449 Å². The Hall–Kier alpha value is -15.9. The summed E-state index contributed by atoms with van der Waals surface area (Å²) < 4.78 is 0. The Kier molecular flexibility index (Phi) is 15.8. The minimum atomic E-state index is 1.10. The van der Waals surface area contributed by atoms with E-state index in [1.807, 2.05) is 0 Å². The van der Waals surface area contributed by atoms with Gasteiger partial charge in [-0.1, -0.05) is 388 Å². The van der Waals surface area contributed by atoms with Gasteiger partial charge in [0.25, 0.3) is 0 Å². The van der Waals surface area contributed by atoms with Gasteiger partial charge in [0.05, 0.1) is 0 Å². The summed E-state index contributed by atoms with van der Waals surface area (Å²) in [5.41, 5.74) is 22.8. The van der Waals surface area contributed by atoms with Gasteiger partial charge in [0.15, 0.2) is 0 Å². The van der Waals surface area contributed by atoms with Gasteiger partial charge in [-0.15, -0.1) is 0 Å². The van der Waals surface area contributed by atoms with Crippen LogP contribution in [-0.4, -0.2) is 0 Å². The summed E-state index contributed by atoms with van der Waals surface area (Å²) in [7, 11) is 0. The Morgan fingerprint density at radius 2 is 0.295 bits per heavy atom. The molecule has 0 nitrogen and oxygen atoms in total. The first kappa shape index (κ1) is 69.3. The second-order valence-electron chi connectivity index (χ2n) is 33.2. The number of rotatable bonds is 10. The van der Waals surface area contributed by atoms with Crippen LogP contribution >= 0.6 is 0 Å². The molecule has 0 saturated carbocycles. The number of hydrogen-bond acceptors (Lipinski definition) is 0. The molecule has 0 amide bonds. The summed E-state index contributed by atoms with van der Waals surface area (Å²) in [5.74, 6) is 0. The van der Waals surface area contributed by atoms with E-state index in [0.29, 0.717) is 0 Å². The Morgan fingerprint density at radius 3 is 0.656 bits per heavy atom. The summed E-state index contributed by atoms with van der Waals surface area (Å²) in [4.78, 5) is 0. The van der Waals surface area contributed by atoms with Crippen molar-refractivity contribution in [3.05, 3.63) is 449 Å². The molecule has 0 atom stereocenters. The van der Waals surface area contributed by atoms with Crippen LogP contribution in [0.15, 0.2) is 449 Å². The van der Waals surface area contributed by atoms with Crippen molar-refractivity contribution in [2.45, 2.75) is 0 Å². The minimum absolute atomic E-state index is 1.10. The Labute approximate surface area is 706 Å². The lowest BCUT2D eigenvalue weighted by Crippen LogP contribution is -2.03. The first-order chi connectivity index (χ1) is 60.4. The molecular weight excluding hydrogens is 1470 g/mol. The molecule has 25 rings (SSSR count). The maximum Gasteiger partial charge on any atom is -0.00134 e. The lowest BCUT2D eigenvalue weighted by molar-refractivity contribution is 1.54. The summed E-state index contributed by atoms with van der Waals surface area (Å²) in [5, 5.41) is 33.9. The molecular formula is C122H74. The van der Waals surface area contributed by atoms with Gasteiger partial charge in [-0.25, -0.2) is 0 Å². The molecule has 0 fully saturated rings. The largest absolute Gasteiger partial charge is 0.0622 e. The van der Waals surface area contributed by atoms with Gasteiger partial charge in [0.1, 0.15) is 0 Å². The van der Waals surface area contributed by atoms with Crippen LogP contribution in [0.5, 0.6) is 0 Å². The topological polar surface area (TPSA) is 0 Å². The van der Waals surface area contributed by atoms with Gasteiger partial charge in [-0.3, -0.25) is 0 Å². The number of hydrogen-bond donors (Lipinski definition) is 0. The summed E-state index contributed by atoms with van der Waals surface area (Å²) in [6.07, 6.45) is 0. The van der Waals surface area contributed by atoms with Crippen molar-refractivity contribution in [2.24, 2.45) is 0 Å². The smallest absolute Gasteiger partial charge is 0.00134 e. The molecule has 0 bridgehead atoms. The molecule has 25 aromatic carbocycles. The summed E-state index contributed by atoms with van der Waals surface area (Å²) >= 11 is 0. The van der Waals surface area contributed by atoms with Crippen LogP contribution in [-0.2, 0) is 0 Å². The molecule has 0 aliphatic rings. The predicted molar refractivity (Wildman–Crippen MR) is 526 cm³/mol. The van der Waals surface area contributed by atoms with Crippen LogP contribution in [0.4, 0.5) is 0 Å². The fourth-order valence-corrected chi connectivity index (χ4v) is 20.7. The molecule has 0 saturated heterocycles. The van der Waals surface area contributed by atoms with Gasteiger partial charge < -0.3 is 0 Å². The average Bonchev–Trinajstić information content (AvgIpc) is 0.700. The predicted octanol–water partition coefficient (Wildman–Crippen LogP) is 34.5. The van der Waals surface area contributed by atoms with Crippen molar-refractivity contribution in [3.8, 4) is 111 Å². The monoisotopic (exact) mass is 1540 g/mol. The molecule has 562 valence electrons. The van der Waals surface area contributed by atoms with Crippen molar-refractivity contribution in [2.75, 3.05) is 0 Å². The van der Waals surface area contributed by atoms with E-state index in [-0.39, 0.29) is 0 Å². The molecule has 122 heavy (non-hydrogen) atoms. The third-order valence-electron chi connectivity index (χ3n) is 26.5. The first-order valence-electron chi connectivity index (χ1n) is 42.5. The van der Waals surface area contributed by atoms with Gasteiger partial charge in [-0.2, -0.15) is 0 Å². The fourth-order valence-electron chi connectivity index (χ4n) is 20.7. The van der Waals surface area contributed by atoms with Crippen LogP contribution < -0.4 is 0 Å². The van der Waals surface area contributed by atoms with Crippen molar-refractivity contribution < 1.29 is 0 Å². The van der Waals surface area contributed by atoms with Crippen LogP contribution in [0.1, 0.15) is 0 Å². The quantitative estimate of drug-likeness (QED) is 0.120. The maximum absolute atomic E-state index is 2.57. The molecule has 0 heteroatoms. The highest BCUT2D eigenvalue weighted by molar-refractivity contribution is 6.26. The van der Waals surface area contributed by atoms with E-state index in [0.717, 1.165) is 122 Å². The Morgan fingerprint density at radius 1 is 0.0820 bits per heavy atom. The van der Waals surface area contributed by atoms with Gasteiger partial charge in [0, 0.05) is 0 Å². The normalized spacial score (nSPS) is 11.9. The summed E-state index contributed by atoms with van der Waals surface area (Å²) in [6, 6.07) is 171. The number of benzene rings is 25. The van der Waals surface area contributed by atoms with E-state index >= 15 is 0 Å². The van der Waals surface area contributed by atoms with Gasteiger partial charge >= 0.3 is 0 Å². The molecule has 0 radical (unpaired) electrons. The van der Waals surface area contributed by atoms with Crippen LogP contribution in [0.2, 0.25) is 0 Å². The van der Waals surface area contributed by atoms with Crippen molar-refractivity contribution >= 4 is 151 Å². The molecule has 0 N–H and O–H groups in total. The van der Waals surface area contributed by atoms with E-state index in [9.17, 15) is 0 Å². The molecule has 0 unspecified atom stereocenters. The van der Waals surface area contributed by atoms with Crippen molar-refractivity contribution in [1.82, 2.24) is 0 Å². The summed E-state index contributed by atoms with van der Waals surface area (Å²) in [6.45, 7) is 0. The highest BCUT2D eigenvalue weighted by Crippen LogP contribution is 2.59.